The van der Waals surface area contributed by atoms with Crippen LogP contribution in [0.2, 0.25) is 10.0 Å². The van der Waals surface area contributed by atoms with E-state index in [-0.39, 0.29) is 17.8 Å². The molecule has 0 heterocycles. The number of halogens is 3. The summed E-state index contributed by atoms with van der Waals surface area (Å²) in [5.41, 5.74) is 0.802. The summed E-state index contributed by atoms with van der Waals surface area (Å²) in [5, 5.41) is 3.64. The van der Waals surface area contributed by atoms with Crippen molar-refractivity contribution in [2.75, 3.05) is 0 Å². The summed E-state index contributed by atoms with van der Waals surface area (Å²) >= 11 is 11.8. The van der Waals surface area contributed by atoms with E-state index >= 15 is 0 Å². The van der Waals surface area contributed by atoms with Crippen molar-refractivity contribution in [1.82, 2.24) is 5.32 Å². The van der Waals surface area contributed by atoms with Crippen LogP contribution in [-0.2, 0) is 4.79 Å². The smallest absolute Gasteiger partial charge is 0.261 e. The second-order valence-corrected chi connectivity index (χ2v) is 5.96. The summed E-state index contributed by atoms with van der Waals surface area (Å²) in [4.78, 5) is 12.2. The van der Waals surface area contributed by atoms with E-state index in [4.69, 9.17) is 27.9 Å². The first-order valence-corrected chi connectivity index (χ1v) is 7.80. The first kappa shape index (κ1) is 17.6. The number of hydrogen-bond donors (Lipinski definition) is 1. The molecule has 2 aromatic carbocycles. The van der Waals surface area contributed by atoms with E-state index in [2.05, 4.69) is 5.32 Å². The van der Waals surface area contributed by atoms with Gasteiger partial charge >= 0.3 is 0 Å². The Morgan fingerprint density at radius 2 is 1.78 bits per heavy atom. The molecule has 0 aliphatic rings. The Labute approximate surface area is 144 Å². The van der Waals surface area contributed by atoms with Crippen LogP contribution >= 0.6 is 23.2 Å². The Balaban J connectivity index is 1.98. The molecule has 1 unspecified atom stereocenters. The summed E-state index contributed by atoms with van der Waals surface area (Å²) in [6, 6.07) is 10.5. The monoisotopic (exact) mass is 355 g/mol. The Bertz CT molecular complexity index is 691. The maximum absolute atomic E-state index is 12.9. The molecule has 0 radical (unpaired) electrons. The zero-order valence-corrected chi connectivity index (χ0v) is 14.2. The Kier molecular flexibility index (Phi) is 5.85. The average molecular weight is 356 g/mol. The highest BCUT2D eigenvalue weighted by Crippen LogP contribution is 2.28. The summed E-state index contributed by atoms with van der Waals surface area (Å²) < 4.78 is 18.5. The normalized spacial score (nSPS) is 13.3. The lowest BCUT2D eigenvalue weighted by atomic mass is 10.1. The Morgan fingerprint density at radius 3 is 2.39 bits per heavy atom. The molecule has 0 bridgehead atoms. The Hall–Kier alpha value is -1.78. The minimum Gasteiger partial charge on any atom is -0.479 e. The molecule has 1 amide bonds. The topological polar surface area (TPSA) is 38.3 Å². The third-order valence-corrected chi connectivity index (χ3v) is 3.83. The van der Waals surface area contributed by atoms with Gasteiger partial charge in [0.2, 0.25) is 0 Å². The molecule has 1 N–H and O–H groups in total. The number of amides is 1. The maximum atomic E-state index is 12.9. The van der Waals surface area contributed by atoms with E-state index in [0.717, 1.165) is 5.56 Å². The first-order valence-electron chi connectivity index (χ1n) is 7.04. The molecule has 0 spiro atoms. The molecule has 0 saturated heterocycles. The fraction of sp³-hybridized carbons (Fsp3) is 0.235. The predicted octanol–water partition coefficient (Wildman–Crippen LogP) is 4.78. The number of rotatable bonds is 5. The molecule has 0 aromatic heterocycles. The zero-order valence-electron chi connectivity index (χ0n) is 12.6. The van der Waals surface area contributed by atoms with E-state index in [1.54, 1.807) is 37.3 Å². The molecule has 0 saturated carbocycles. The summed E-state index contributed by atoms with van der Waals surface area (Å²) in [5.74, 6) is -0.234. The molecule has 0 fully saturated rings. The SMILES string of the molecule is CC(Oc1ccc(Cl)cc1Cl)C(=O)N[C@@H](C)c1ccc(F)cc1. The number of ether oxygens (including phenoxy) is 1. The van der Waals surface area contributed by atoms with Crippen LogP contribution in [0.3, 0.4) is 0 Å². The van der Waals surface area contributed by atoms with Crippen molar-refractivity contribution in [1.29, 1.82) is 0 Å². The van der Waals surface area contributed by atoms with Crippen molar-refractivity contribution in [2.24, 2.45) is 0 Å². The molecule has 0 aliphatic heterocycles. The van der Waals surface area contributed by atoms with Crippen molar-refractivity contribution in [2.45, 2.75) is 26.0 Å². The van der Waals surface area contributed by atoms with Crippen LogP contribution in [0, 0.1) is 5.82 Å². The average Bonchev–Trinajstić information content (AvgIpc) is 2.50. The molecule has 0 aliphatic carbocycles. The number of benzene rings is 2. The van der Waals surface area contributed by atoms with E-state index in [1.807, 2.05) is 6.92 Å². The molecule has 23 heavy (non-hydrogen) atoms. The third kappa shape index (κ3) is 4.85. The number of carbonyl (C=O) groups excluding carboxylic acids is 1. The molecule has 3 nitrogen and oxygen atoms in total. The van der Waals surface area contributed by atoms with Crippen LogP contribution < -0.4 is 10.1 Å². The predicted molar refractivity (Wildman–Crippen MR) is 89.5 cm³/mol. The molecular formula is C17H16Cl2FNO2. The van der Waals surface area contributed by atoms with Gasteiger partial charge in [0.15, 0.2) is 6.10 Å². The maximum Gasteiger partial charge on any atom is 0.261 e. The fourth-order valence-electron chi connectivity index (χ4n) is 1.98. The molecule has 122 valence electrons. The van der Waals surface area contributed by atoms with Gasteiger partial charge in [-0.25, -0.2) is 4.39 Å². The summed E-state index contributed by atoms with van der Waals surface area (Å²) in [7, 11) is 0. The van der Waals surface area contributed by atoms with Crippen LogP contribution in [0.1, 0.15) is 25.5 Å². The quantitative estimate of drug-likeness (QED) is 0.838. The highest BCUT2D eigenvalue weighted by atomic mass is 35.5. The number of hydrogen-bond acceptors (Lipinski definition) is 2. The zero-order chi connectivity index (χ0) is 17.0. The molecular weight excluding hydrogens is 340 g/mol. The highest BCUT2D eigenvalue weighted by molar-refractivity contribution is 6.35. The second kappa shape index (κ2) is 7.66. The van der Waals surface area contributed by atoms with Crippen molar-refractivity contribution >= 4 is 29.1 Å². The van der Waals surface area contributed by atoms with Gasteiger partial charge in [-0.05, 0) is 49.7 Å². The van der Waals surface area contributed by atoms with Gasteiger partial charge in [-0.2, -0.15) is 0 Å². The standard InChI is InChI=1S/C17H16Cl2FNO2/c1-10(12-3-6-14(20)7-4-12)21-17(22)11(2)23-16-8-5-13(18)9-15(16)19/h3-11H,1-2H3,(H,21,22)/t10-,11?/m0/s1. The van der Waals surface area contributed by atoms with Gasteiger partial charge in [0.1, 0.15) is 11.6 Å². The van der Waals surface area contributed by atoms with Crippen molar-refractivity contribution in [3.8, 4) is 5.75 Å². The first-order chi connectivity index (χ1) is 10.9. The van der Waals surface area contributed by atoms with Crippen molar-refractivity contribution in [3.63, 3.8) is 0 Å². The van der Waals surface area contributed by atoms with Crippen molar-refractivity contribution < 1.29 is 13.9 Å². The van der Waals surface area contributed by atoms with Crippen molar-refractivity contribution in [3.05, 3.63) is 63.9 Å². The number of nitrogens with one attached hydrogen (secondary N) is 1. The van der Waals surface area contributed by atoms with Crippen LogP contribution in [0.5, 0.6) is 5.75 Å². The molecule has 2 atom stereocenters. The third-order valence-electron chi connectivity index (χ3n) is 3.30. The van der Waals surface area contributed by atoms with Gasteiger partial charge in [0.25, 0.3) is 5.91 Å². The molecule has 2 rings (SSSR count). The lowest BCUT2D eigenvalue weighted by molar-refractivity contribution is -0.127. The second-order valence-electron chi connectivity index (χ2n) is 5.12. The minimum absolute atomic E-state index is 0.269. The van der Waals surface area contributed by atoms with Crippen LogP contribution in [0.25, 0.3) is 0 Å². The van der Waals surface area contributed by atoms with Gasteiger partial charge in [0, 0.05) is 5.02 Å². The van der Waals surface area contributed by atoms with Gasteiger partial charge in [0.05, 0.1) is 11.1 Å². The fourth-order valence-corrected chi connectivity index (χ4v) is 2.43. The van der Waals surface area contributed by atoms with E-state index < -0.39 is 6.10 Å². The van der Waals surface area contributed by atoms with Crippen LogP contribution in [0.4, 0.5) is 4.39 Å². The number of carbonyl (C=O) groups is 1. The minimum atomic E-state index is -0.739. The van der Waals surface area contributed by atoms with Gasteiger partial charge in [-0.3, -0.25) is 4.79 Å². The van der Waals surface area contributed by atoms with Gasteiger partial charge < -0.3 is 10.1 Å². The van der Waals surface area contributed by atoms with Gasteiger partial charge in [-0.15, -0.1) is 0 Å². The van der Waals surface area contributed by atoms with Crippen LogP contribution in [-0.4, -0.2) is 12.0 Å². The lowest BCUT2D eigenvalue weighted by Crippen LogP contribution is -2.37. The van der Waals surface area contributed by atoms with Gasteiger partial charge in [-0.1, -0.05) is 35.3 Å². The van der Waals surface area contributed by atoms with E-state index in [0.29, 0.717) is 15.8 Å². The Morgan fingerprint density at radius 1 is 1.13 bits per heavy atom. The highest BCUT2D eigenvalue weighted by Gasteiger charge is 2.18. The van der Waals surface area contributed by atoms with Crippen LogP contribution in [0.15, 0.2) is 42.5 Å². The summed E-state index contributed by atoms with van der Waals surface area (Å²) in [6.07, 6.45) is -0.739. The molecule has 6 heteroatoms. The lowest BCUT2D eigenvalue weighted by Gasteiger charge is -2.19. The molecule has 2 aromatic rings. The largest absolute Gasteiger partial charge is 0.479 e. The van der Waals surface area contributed by atoms with E-state index in [9.17, 15) is 9.18 Å². The van der Waals surface area contributed by atoms with E-state index in [1.165, 1.54) is 12.1 Å². The summed E-state index contributed by atoms with van der Waals surface area (Å²) in [6.45, 7) is 3.44.